The third kappa shape index (κ3) is 3.02. The zero-order valence-electron chi connectivity index (χ0n) is 11.6. The van der Waals surface area contributed by atoms with Crippen LogP contribution < -0.4 is 10.1 Å². The molecule has 2 aromatic heterocycles. The van der Waals surface area contributed by atoms with E-state index in [2.05, 4.69) is 10.3 Å². The van der Waals surface area contributed by atoms with Crippen molar-refractivity contribution < 1.29 is 9.53 Å². The van der Waals surface area contributed by atoms with Crippen molar-refractivity contribution >= 4 is 17.2 Å². The Morgan fingerprint density at radius 3 is 2.76 bits per heavy atom. The molecule has 0 saturated heterocycles. The monoisotopic (exact) mass is 281 g/mol. The first-order valence-electron chi connectivity index (χ1n) is 6.61. The first-order chi connectivity index (χ1) is 10.2. The summed E-state index contributed by atoms with van der Waals surface area (Å²) in [6.45, 7) is 0. The van der Waals surface area contributed by atoms with Crippen molar-refractivity contribution in [2.45, 2.75) is 6.42 Å². The molecule has 0 fully saturated rings. The lowest BCUT2D eigenvalue weighted by Crippen LogP contribution is -2.14. The molecule has 0 aliphatic heterocycles. The van der Waals surface area contributed by atoms with E-state index in [0.717, 1.165) is 22.8 Å². The van der Waals surface area contributed by atoms with Gasteiger partial charge in [-0.2, -0.15) is 0 Å². The van der Waals surface area contributed by atoms with Gasteiger partial charge in [0.2, 0.25) is 5.91 Å². The Kier molecular flexibility index (Phi) is 3.55. The summed E-state index contributed by atoms with van der Waals surface area (Å²) in [7, 11) is 1.61. The second-order valence-corrected chi connectivity index (χ2v) is 4.65. The molecule has 3 rings (SSSR count). The van der Waals surface area contributed by atoms with Crippen molar-refractivity contribution in [3.05, 3.63) is 60.6 Å². The van der Waals surface area contributed by atoms with Crippen LogP contribution in [0, 0.1) is 0 Å². The topological polar surface area (TPSA) is 55.6 Å². The molecule has 0 unspecified atom stereocenters. The second-order valence-electron chi connectivity index (χ2n) is 4.65. The molecule has 5 nitrogen and oxygen atoms in total. The molecular formula is C16H15N3O2. The minimum atomic E-state index is -0.0939. The van der Waals surface area contributed by atoms with Crippen LogP contribution in [0.5, 0.6) is 5.75 Å². The van der Waals surface area contributed by atoms with Gasteiger partial charge in [0.05, 0.1) is 19.2 Å². The number of anilines is 1. The van der Waals surface area contributed by atoms with Crippen molar-refractivity contribution in [2.24, 2.45) is 0 Å². The summed E-state index contributed by atoms with van der Waals surface area (Å²) >= 11 is 0. The number of ether oxygens (including phenoxy) is 1. The molecule has 21 heavy (non-hydrogen) atoms. The third-order valence-corrected chi connectivity index (χ3v) is 3.13. The van der Waals surface area contributed by atoms with Crippen molar-refractivity contribution in [1.82, 2.24) is 9.38 Å². The molecule has 1 amide bonds. The summed E-state index contributed by atoms with van der Waals surface area (Å²) in [5.74, 6) is 0.664. The van der Waals surface area contributed by atoms with Gasteiger partial charge in [-0.05, 0) is 36.4 Å². The van der Waals surface area contributed by atoms with Gasteiger partial charge in [-0.25, -0.2) is 4.98 Å². The number of nitrogens with zero attached hydrogens (tertiary/aromatic N) is 2. The highest BCUT2D eigenvalue weighted by molar-refractivity contribution is 5.92. The quantitative estimate of drug-likeness (QED) is 0.799. The number of carbonyl (C=O) groups excluding carboxylic acids is 1. The fourth-order valence-electron chi connectivity index (χ4n) is 2.12. The average molecular weight is 281 g/mol. The number of fused-ring (bicyclic) bond motifs is 1. The average Bonchev–Trinajstić information content (AvgIpc) is 2.90. The molecule has 5 heteroatoms. The van der Waals surface area contributed by atoms with E-state index in [1.54, 1.807) is 31.4 Å². The Morgan fingerprint density at radius 1 is 1.24 bits per heavy atom. The number of rotatable bonds is 4. The fraction of sp³-hybridized carbons (Fsp3) is 0.125. The first kappa shape index (κ1) is 13.2. The van der Waals surface area contributed by atoms with E-state index in [9.17, 15) is 4.79 Å². The van der Waals surface area contributed by atoms with Crippen LogP contribution in [0.2, 0.25) is 0 Å². The largest absolute Gasteiger partial charge is 0.497 e. The number of methoxy groups -OCH3 is 1. The van der Waals surface area contributed by atoms with E-state index in [0.29, 0.717) is 0 Å². The van der Waals surface area contributed by atoms with E-state index in [4.69, 9.17) is 4.74 Å². The van der Waals surface area contributed by atoms with Gasteiger partial charge in [-0.1, -0.05) is 6.07 Å². The van der Waals surface area contributed by atoms with E-state index < -0.39 is 0 Å². The van der Waals surface area contributed by atoms with Crippen molar-refractivity contribution in [1.29, 1.82) is 0 Å². The number of nitrogens with one attached hydrogen (secondary N) is 1. The van der Waals surface area contributed by atoms with Crippen LogP contribution in [0.25, 0.3) is 5.65 Å². The molecule has 2 heterocycles. The molecular weight excluding hydrogens is 266 g/mol. The highest BCUT2D eigenvalue weighted by Gasteiger charge is 2.08. The molecule has 0 atom stereocenters. The number of benzene rings is 1. The number of hydrogen-bond donors (Lipinski definition) is 1. The number of carbonyl (C=O) groups is 1. The summed E-state index contributed by atoms with van der Waals surface area (Å²) in [5.41, 5.74) is 2.32. The molecule has 0 spiro atoms. The maximum absolute atomic E-state index is 12.0. The number of pyridine rings is 1. The van der Waals surface area contributed by atoms with Gasteiger partial charge in [0.1, 0.15) is 11.4 Å². The molecule has 0 saturated carbocycles. The highest BCUT2D eigenvalue weighted by Crippen LogP contribution is 2.15. The Labute approximate surface area is 122 Å². The van der Waals surface area contributed by atoms with Crippen molar-refractivity contribution in [3.63, 3.8) is 0 Å². The lowest BCUT2D eigenvalue weighted by Gasteiger charge is -2.05. The molecule has 0 bridgehead atoms. The molecule has 0 aliphatic rings. The molecule has 106 valence electrons. The van der Waals surface area contributed by atoms with Crippen LogP contribution in [0.15, 0.2) is 54.9 Å². The van der Waals surface area contributed by atoms with Crippen molar-refractivity contribution in [3.8, 4) is 5.75 Å². The fourth-order valence-corrected chi connectivity index (χ4v) is 2.12. The van der Waals surface area contributed by atoms with Gasteiger partial charge < -0.3 is 14.5 Å². The number of imidazole rings is 1. The van der Waals surface area contributed by atoms with Gasteiger partial charge in [-0.15, -0.1) is 0 Å². The van der Waals surface area contributed by atoms with Crippen LogP contribution in [0.4, 0.5) is 5.69 Å². The maximum Gasteiger partial charge on any atom is 0.230 e. The summed E-state index contributed by atoms with van der Waals surface area (Å²) < 4.78 is 6.98. The number of amides is 1. The lowest BCUT2D eigenvalue weighted by atomic mass is 10.2. The molecule has 0 aliphatic carbocycles. The van der Waals surface area contributed by atoms with E-state index in [-0.39, 0.29) is 12.3 Å². The summed E-state index contributed by atoms with van der Waals surface area (Å²) in [5, 5.41) is 2.84. The lowest BCUT2D eigenvalue weighted by molar-refractivity contribution is -0.115. The SMILES string of the molecule is COc1ccc(NC(=O)Cc2cn3ccccc3n2)cc1. The van der Waals surface area contributed by atoms with E-state index >= 15 is 0 Å². The minimum absolute atomic E-state index is 0.0939. The Bertz CT molecular complexity index is 730. The zero-order valence-corrected chi connectivity index (χ0v) is 11.6. The number of hydrogen-bond acceptors (Lipinski definition) is 3. The predicted molar refractivity (Wildman–Crippen MR) is 80.5 cm³/mol. The molecule has 0 radical (unpaired) electrons. The molecule has 1 N–H and O–H groups in total. The predicted octanol–water partition coefficient (Wildman–Crippen LogP) is 2.52. The van der Waals surface area contributed by atoms with Crippen LogP contribution in [-0.4, -0.2) is 22.4 Å². The highest BCUT2D eigenvalue weighted by atomic mass is 16.5. The van der Waals surface area contributed by atoms with E-state index in [1.807, 2.05) is 35.0 Å². The van der Waals surface area contributed by atoms with Gasteiger partial charge in [-0.3, -0.25) is 4.79 Å². The summed E-state index contributed by atoms with van der Waals surface area (Å²) in [4.78, 5) is 16.4. The smallest absolute Gasteiger partial charge is 0.230 e. The standard InChI is InChI=1S/C16H15N3O2/c1-21-14-7-5-12(6-8-14)18-16(20)10-13-11-19-9-3-2-4-15(19)17-13/h2-9,11H,10H2,1H3,(H,18,20). The third-order valence-electron chi connectivity index (χ3n) is 3.13. The number of aromatic nitrogens is 2. The normalized spacial score (nSPS) is 10.5. The minimum Gasteiger partial charge on any atom is -0.497 e. The van der Waals surface area contributed by atoms with Gasteiger partial charge >= 0.3 is 0 Å². The van der Waals surface area contributed by atoms with E-state index in [1.165, 1.54) is 0 Å². The molecule has 1 aromatic carbocycles. The first-order valence-corrected chi connectivity index (χ1v) is 6.61. The zero-order chi connectivity index (χ0) is 14.7. The van der Waals surface area contributed by atoms with Crippen LogP contribution in [0.3, 0.4) is 0 Å². The van der Waals surface area contributed by atoms with Crippen LogP contribution in [0.1, 0.15) is 5.69 Å². The summed E-state index contributed by atoms with van der Waals surface area (Å²) in [6.07, 6.45) is 4.02. The van der Waals surface area contributed by atoms with Gasteiger partial charge in [0.15, 0.2) is 0 Å². The summed E-state index contributed by atoms with van der Waals surface area (Å²) in [6, 6.07) is 13.0. The second kappa shape index (κ2) is 5.66. The Morgan fingerprint density at radius 2 is 2.05 bits per heavy atom. The molecule has 3 aromatic rings. The Hall–Kier alpha value is -2.82. The maximum atomic E-state index is 12.0. The Balaban J connectivity index is 1.67. The van der Waals surface area contributed by atoms with Gasteiger partial charge in [0, 0.05) is 18.1 Å². The van der Waals surface area contributed by atoms with Crippen molar-refractivity contribution in [2.75, 3.05) is 12.4 Å². The van der Waals surface area contributed by atoms with Crippen LogP contribution in [-0.2, 0) is 11.2 Å². The van der Waals surface area contributed by atoms with Gasteiger partial charge in [0.25, 0.3) is 0 Å². The van der Waals surface area contributed by atoms with Crippen LogP contribution >= 0.6 is 0 Å².